The van der Waals surface area contributed by atoms with E-state index in [1.165, 1.54) is 42.5 Å². The van der Waals surface area contributed by atoms with E-state index in [0.29, 0.717) is 0 Å². The Labute approximate surface area is 116 Å². The molecule has 0 bridgehead atoms. The van der Waals surface area contributed by atoms with Crippen molar-refractivity contribution >= 4 is 0 Å². The standard InChI is InChI=1S/C17H24N2/c1-14-8-7-9-15(2)17(14)11-6-4-5-10-16-12-18-13-19(16)3/h7-9,12-13H,4-6,10-11H2,1-3H3. The van der Waals surface area contributed by atoms with Crippen LogP contribution < -0.4 is 0 Å². The van der Waals surface area contributed by atoms with Gasteiger partial charge in [0, 0.05) is 18.9 Å². The lowest BCUT2D eigenvalue weighted by Gasteiger charge is -2.09. The quantitative estimate of drug-likeness (QED) is 0.714. The van der Waals surface area contributed by atoms with Crippen LogP contribution in [0.2, 0.25) is 0 Å². The number of unbranched alkanes of at least 4 members (excludes halogenated alkanes) is 2. The molecule has 0 aliphatic heterocycles. The maximum Gasteiger partial charge on any atom is 0.0945 e. The summed E-state index contributed by atoms with van der Waals surface area (Å²) in [4.78, 5) is 4.15. The summed E-state index contributed by atoms with van der Waals surface area (Å²) in [5, 5.41) is 0. The Morgan fingerprint density at radius 3 is 2.32 bits per heavy atom. The van der Waals surface area contributed by atoms with E-state index in [4.69, 9.17) is 0 Å². The summed E-state index contributed by atoms with van der Waals surface area (Å²) < 4.78 is 2.12. The molecule has 2 heteroatoms. The lowest BCUT2D eigenvalue weighted by Crippen LogP contribution is -1.97. The molecule has 0 N–H and O–H groups in total. The molecule has 0 unspecified atom stereocenters. The van der Waals surface area contributed by atoms with Gasteiger partial charge in [0.15, 0.2) is 0 Å². The minimum atomic E-state index is 1.14. The first-order valence-corrected chi connectivity index (χ1v) is 7.19. The Bertz CT molecular complexity index is 506. The van der Waals surface area contributed by atoms with E-state index in [-0.39, 0.29) is 0 Å². The predicted octanol–water partition coefficient (Wildman–Crippen LogP) is 3.99. The monoisotopic (exact) mass is 256 g/mol. The summed E-state index contributed by atoms with van der Waals surface area (Å²) in [5.74, 6) is 0. The number of hydrogen-bond acceptors (Lipinski definition) is 1. The van der Waals surface area contributed by atoms with Crippen LogP contribution >= 0.6 is 0 Å². The summed E-state index contributed by atoms with van der Waals surface area (Å²) in [6, 6.07) is 6.59. The third kappa shape index (κ3) is 3.69. The molecule has 0 aliphatic carbocycles. The summed E-state index contributed by atoms with van der Waals surface area (Å²) >= 11 is 0. The molecule has 2 aromatic rings. The highest BCUT2D eigenvalue weighted by Gasteiger charge is 2.02. The second-order valence-corrected chi connectivity index (χ2v) is 5.43. The zero-order valence-corrected chi connectivity index (χ0v) is 12.3. The molecule has 0 fully saturated rings. The fourth-order valence-corrected chi connectivity index (χ4v) is 2.65. The van der Waals surface area contributed by atoms with Crippen molar-refractivity contribution < 1.29 is 0 Å². The lowest BCUT2D eigenvalue weighted by atomic mass is 9.97. The average Bonchev–Trinajstić information content (AvgIpc) is 2.78. The van der Waals surface area contributed by atoms with Gasteiger partial charge in [-0.25, -0.2) is 4.98 Å². The van der Waals surface area contributed by atoms with Crippen molar-refractivity contribution in [2.24, 2.45) is 7.05 Å². The van der Waals surface area contributed by atoms with Gasteiger partial charge >= 0.3 is 0 Å². The van der Waals surface area contributed by atoms with E-state index in [2.05, 4.69) is 48.6 Å². The minimum Gasteiger partial charge on any atom is -0.338 e. The van der Waals surface area contributed by atoms with E-state index in [1.807, 2.05) is 12.5 Å². The van der Waals surface area contributed by atoms with E-state index >= 15 is 0 Å². The highest BCUT2D eigenvalue weighted by molar-refractivity contribution is 5.33. The fourth-order valence-electron chi connectivity index (χ4n) is 2.65. The van der Waals surface area contributed by atoms with E-state index in [1.54, 1.807) is 5.56 Å². The second-order valence-electron chi connectivity index (χ2n) is 5.43. The first kappa shape index (κ1) is 13.9. The molecular formula is C17H24N2. The predicted molar refractivity (Wildman–Crippen MR) is 80.4 cm³/mol. The zero-order chi connectivity index (χ0) is 13.7. The summed E-state index contributed by atoms with van der Waals surface area (Å²) in [7, 11) is 2.07. The van der Waals surface area contributed by atoms with Gasteiger partial charge in [0.25, 0.3) is 0 Å². The molecule has 0 saturated heterocycles. The van der Waals surface area contributed by atoms with Crippen LogP contribution in [-0.2, 0) is 19.9 Å². The van der Waals surface area contributed by atoms with Gasteiger partial charge in [0.1, 0.15) is 0 Å². The highest BCUT2D eigenvalue weighted by Crippen LogP contribution is 2.17. The zero-order valence-electron chi connectivity index (χ0n) is 12.3. The number of aryl methyl sites for hydroxylation is 4. The number of imidazole rings is 1. The topological polar surface area (TPSA) is 17.8 Å². The van der Waals surface area contributed by atoms with Crippen molar-refractivity contribution in [3.63, 3.8) is 0 Å². The first-order valence-electron chi connectivity index (χ1n) is 7.19. The smallest absolute Gasteiger partial charge is 0.0945 e. The van der Waals surface area contributed by atoms with Crippen LogP contribution in [0.5, 0.6) is 0 Å². The minimum absolute atomic E-state index is 1.14. The van der Waals surface area contributed by atoms with Crippen molar-refractivity contribution in [3.8, 4) is 0 Å². The van der Waals surface area contributed by atoms with Gasteiger partial charge in [-0.3, -0.25) is 0 Å². The Hall–Kier alpha value is -1.57. The van der Waals surface area contributed by atoms with Crippen LogP contribution in [0.25, 0.3) is 0 Å². The third-order valence-corrected chi connectivity index (χ3v) is 3.92. The number of nitrogens with zero attached hydrogens (tertiary/aromatic N) is 2. The van der Waals surface area contributed by atoms with Crippen LogP contribution in [0.1, 0.15) is 41.6 Å². The molecule has 0 atom stereocenters. The van der Waals surface area contributed by atoms with Crippen LogP contribution in [0.4, 0.5) is 0 Å². The van der Waals surface area contributed by atoms with E-state index < -0.39 is 0 Å². The Morgan fingerprint density at radius 2 is 1.68 bits per heavy atom. The normalized spacial score (nSPS) is 10.9. The van der Waals surface area contributed by atoms with Crippen molar-refractivity contribution in [2.45, 2.75) is 46.0 Å². The van der Waals surface area contributed by atoms with E-state index in [9.17, 15) is 0 Å². The van der Waals surface area contributed by atoms with Gasteiger partial charge in [-0.1, -0.05) is 24.6 Å². The molecule has 0 saturated carbocycles. The van der Waals surface area contributed by atoms with Gasteiger partial charge in [-0.15, -0.1) is 0 Å². The molecule has 1 heterocycles. The van der Waals surface area contributed by atoms with Crippen LogP contribution in [0.15, 0.2) is 30.7 Å². The fraction of sp³-hybridized carbons (Fsp3) is 0.471. The maximum absolute atomic E-state index is 4.15. The highest BCUT2D eigenvalue weighted by atomic mass is 15.0. The molecule has 1 aromatic heterocycles. The van der Waals surface area contributed by atoms with Crippen molar-refractivity contribution in [3.05, 3.63) is 53.1 Å². The Balaban J connectivity index is 1.74. The molecule has 2 rings (SSSR count). The molecule has 0 radical (unpaired) electrons. The number of hydrogen-bond donors (Lipinski definition) is 0. The molecule has 102 valence electrons. The average molecular weight is 256 g/mol. The van der Waals surface area contributed by atoms with Crippen LogP contribution in [0, 0.1) is 13.8 Å². The molecule has 0 aliphatic rings. The number of rotatable bonds is 6. The molecule has 0 amide bonds. The first-order chi connectivity index (χ1) is 9.18. The van der Waals surface area contributed by atoms with Crippen molar-refractivity contribution in [1.29, 1.82) is 0 Å². The molecule has 2 nitrogen and oxygen atoms in total. The Kier molecular flexibility index (Phi) is 4.78. The number of aromatic nitrogens is 2. The molecular weight excluding hydrogens is 232 g/mol. The van der Waals surface area contributed by atoms with Crippen LogP contribution in [-0.4, -0.2) is 9.55 Å². The molecule has 0 spiro atoms. The third-order valence-electron chi connectivity index (χ3n) is 3.92. The maximum atomic E-state index is 4.15. The van der Waals surface area contributed by atoms with Gasteiger partial charge in [0.2, 0.25) is 0 Å². The van der Waals surface area contributed by atoms with Gasteiger partial charge in [-0.05, 0) is 56.2 Å². The summed E-state index contributed by atoms with van der Waals surface area (Å²) in [6.07, 6.45) is 10.0. The van der Waals surface area contributed by atoms with Crippen LogP contribution in [0.3, 0.4) is 0 Å². The largest absolute Gasteiger partial charge is 0.338 e. The van der Waals surface area contributed by atoms with Crippen molar-refractivity contribution in [1.82, 2.24) is 9.55 Å². The summed E-state index contributed by atoms with van der Waals surface area (Å²) in [6.45, 7) is 4.44. The number of benzene rings is 1. The van der Waals surface area contributed by atoms with Gasteiger partial charge < -0.3 is 4.57 Å². The molecule has 19 heavy (non-hydrogen) atoms. The Morgan fingerprint density at radius 1 is 1.00 bits per heavy atom. The van der Waals surface area contributed by atoms with E-state index in [0.717, 1.165) is 6.42 Å². The summed E-state index contributed by atoms with van der Waals surface area (Å²) in [5.41, 5.74) is 5.76. The second kappa shape index (κ2) is 6.55. The SMILES string of the molecule is Cc1cccc(C)c1CCCCCc1cncn1C. The lowest BCUT2D eigenvalue weighted by molar-refractivity contribution is 0.655. The van der Waals surface area contributed by atoms with Gasteiger partial charge in [-0.2, -0.15) is 0 Å². The van der Waals surface area contributed by atoms with Crippen molar-refractivity contribution in [2.75, 3.05) is 0 Å². The molecule has 1 aromatic carbocycles. The van der Waals surface area contributed by atoms with Gasteiger partial charge in [0.05, 0.1) is 6.33 Å².